The highest BCUT2D eigenvalue weighted by Crippen LogP contribution is 2.29. The second kappa shape index (κ2) is 6.90. The van der Waals surface area contributed by atoms with E-state index in [1.807, 2.05) is 11.7 Å². The summed E-state index contributed by atoms with van der Waals surface area (Å²) in [4.78, 5) is 0. The fourth-order valence-electron chi connectivity index (χ4n) is 2.76. The molecule has 0 atom stereocenters. The molecule has 21 heavy (non-hydrogen) atoms. The Kier molecular flexibility index (Phi) is 5.18. The molecule has 1 aromatic carbocycles. The van der Waals surface area contributed by atoms with Gasteiger partial charge in [-0.2, -0.15) is 5.10 Å². The van der Waals surface area contributed by atoms with E-state index in [2.05, 4.69) is 62.4 Å². The van der Waals surface area contributed by atoms with Crippen molar-refractivity contribution in [3.63, 3.8) is 0 Å². The maximum atomic E-state index is 4.68. The van der Waals surface area contributed by atoms with Crippen LogP contribution in [0.5, 0.6) is 0 Å². The first-order chi connectivity index (χ1) is 10.1. The van der Waals surface area contributed by atoms with Crippen molar-refractivity contribution in [2.75, 3.05) is 0 Å². The molecule has 0 saturated carbocycles. The zero-order valence-corrected chi connectivity index (χ0v) is 13.9. The summed E-state index contributed by atoms with van der Waals surface area (Å²) in [6.45, 7) is 9.64. The van der Waals surface area contributed by atoms with E-state index in [4.69, 9.17) is 0 Å². The highest BCUT2D eigenvalue weighted by atomic mass is 15.3. The van der Waals surface area contributed by atoms with E-state index in [0.717, 1.165) is 19.4 Å². The second-order valence-electron chi connectivity index (χ2n) is 5.84. The number of nitrogens with one attached hydrogen (secondary N) is 1. The zero-order valence-electron chi connectivity index (χ0n) is 13.9. The standard InChI is InChI=1S/C18H27N3/c1-6-16-18(17(7-2)21(5)20-16)15-10-8-9-14(11-15)12-19-13(3)4/h8-11,13,19H,6-7,12H2,1-5H3. The summed E-state index contributed by atoms with van der Waals surface area (Å²) in [5, 5.41) is 8.16. The Balaban J connectivity index is 2.40. The third-order valence-corrected chi connectivity index (χ3v) is 3.84. The van der Waals surface area contributed by atoms with Gasteiger partial charge in [0.1, 0.15) is 0 Å². The van der Waals surface area contributed by atoms with E-state index < -0.39 is 0 Å². The number of aromatic nitrogens is 2. The van der Waals surface area contributed by atoms with Crippen molar-refractivity contribution in [3.8, 4) is 11.1 Å². The average Bonchev–Trinajstić information content (AvgIpc) is 2.81. The van der Waals surface area contributed by atoms with Gasteiger partial charge in [-0.25, -0.2) is 0 Å². The van der Waals surface area contributed by atoms with Gasteiger partial charge >= 0.3 is 0 Å². The highest BCUT2D eigenvalue weighted by Gasteiger charge is 2.15. The first-order valence-corrected chi connectivity index (χ1v) is 7.94. The molecule has 0 bridgehead atoms. The normalized spacial score (nSPS) is 11.3. The Bertz CT molecular complexity index is 597. The Morgan fingerprint density at radius 3 is 2.57 bits per heavy atom. The molecule has 0 aliphatic rings. The predicted octanol–water partition coefficient (Wildman–Crippen LogP) is 3.71. The van der Waals surface area contributed by atoms with Crippen molar-refractivity contribution >= 4 is 0 Å². The lowest BCUT2D eigenvalue weighted by Gasteiger charge is -2.10. The molecule has 1 heterocycles. The van der Waals surface area contributed by atoms with Gasteiger partial charge in [0.15, 0.2) is 0 Å². The van der Waals surface area contributed by atoms with Gasteiger partial charge in [-0.15, -0.1) is 0 Å². The Morgan fingerprint density at radius 1 is 1.19 bits per heavy atom. The molecule has 114 valence electrons. The van der Waals surface area contributed by atoms with Crippen LogP contribution in [0.2, 0.25) is 0 Å². The number of hydrogen-bond acceptors (Lipinski definition) is 2. The van der Waals surface area contributed by atoms with Gasteiger partial charge in [-0.1, -0.05) is 45.9 Å². The molecule has 3 heteroatoms. The molecule has 0 aliphatic heterocycles. The fourth-order valence-corrected chi connectivity index (χ4v) is 2.76. The molecule has 0 amide bonds. The largest absolute Gasteiger partial charge is 0.310 e. The van der Waals surface area contributed by atoms with Gasteiger partial charge in [0, 0.05) is 30.9 Å². The van der Waals surface area contributed by atoms with Gasteiger partial charge in [0.05, 0.1) is 5.69 Å². The molecule has 0 saturated heterocycles. The monoisotopic (exact) mass is 285 g/mol. The first kappa shape index (κ1) is 15.8. The smallest absolute Gasteiger partial charge is 0.0703 e. The summed E-state index contributed by atoms with van der Waals surface area (Å²) in [5.74, 6) is 0. The molecular weight excluding hydrogens is 258 g/mol. The summed E-state index contributed by atoms with van der Waals surface area (Å²) in [5.41, 5.74) is 6.46. The van der Waals surface area contributed by atoms with E-state index in [0.29, 0.717) is 6.04 Å². The van der Waals surface area contributed by atoms with Gasteiger partial charge in [0.2, 0.25) is 0 Å². The molecule has 0 fully saturated rings. The summed E-state index contributed by atoms with van der Waals surface area (Å²) >= 11 is 0. The van der Waals surface area contributed by atoms with Crippen LogP contribution in [-0.4, -0.2) is 15.8 Å². The highest BCUT2D eigenvalue weighted by molar-refractivity contribution is 5.69. The van der Waals surface area contributed by atoms with Crippen molar-refractivity contribution in [3.05, 3.63) is 41.2 Å². The predicted molar refractivity (Wildman–Crippen MR) is 89.4 cm³/mol. The summed E-state index contributed by atoms with van der Waals surface area (Å²) in [6, 6.07) is 9.34. The molecule has 2 aromatic rings. The van der Waals surface area contributed by atoms with Crippen LogP contribution >= 0.6 is 0 Å². The van der Waals surface area contributed by atoms with Crippen LogP contribution < -0.4 is 5.32 Å². The van der Waals surface area contributed by atoms with Crippen LogP contribution in [0, 0.1) is 0 Å². The lowest BCUT2D eigenvalue weighted by molar-refractivity contribution is 0.589. The third kappa shape index (κ3) is 3.53. The van der Waals surface area contributed by atoms with Crippen molar-refractivity contribution in [2.45, 2.75) is 53.1 Å². The molecule has 0 spiro atoms. The van der Waals surface area contributed by atoms with Gasteiger partial charge in [-0.3, -0.25) is 4.68 Å². The number of hydrogen-bond donors (Lipinski definition) is 1. The third-order valence-electron chi connectivity index (χ3n) is 3.84. The maximum absolute atomic E-state index is 4.68. The number of benzene rings is 1. The molecule has 1 aromatic heterocycles. The van der Waals surface area contributed by atoms with E-state index in [1.165, 1.54) is 28.1 Å². The molecule has 3 nitrogen and oxygen atoms in total. The maximum Gasteiger partial charge on any atom is 0.0703 e. The van der Waals surface area contributed by atoms with Crippen molar-refractivity contribution in [2.24, 2.45) is 7.05 Å². The van der Waals surface area contributed by atoms with Crippen LogP contribution in [0.1, 0.15) is 44.6 Å². The quantitative estimate of drug-likeness (QED) is 0.877. The lowest BCUT2D eigenvalue weighted by atomic mass is 9.98. The molecule has 2 rings (SSSR count). The minimum Gasteiger partial charge on any atom is -0.310 e. The van der Waals surface area contributed by atoms with Gasteiger partial charge < -0.3 is 5.32 Å². The number of aryl methyl sites for hydroxylation is 2. The Hall–Kier alpha value is -1.61. The van der Waals surface area contributed by atoms with Crippen LogP contribution in [-0.2, 0) is 26.4 Å². The average molecular weight is 285 g/mol. The zero-order chi connectivity index (χ0) is 15.4. The Morgan fingerprint density at radius 2 is 1.95 bits per heavy atom. The summed E-state index contributed by atoms with van der Waals surface area (Å²) < 4.78 is 2.03. The number of rotatable bonds is 6. The molecule has 1 N–H and O–H groups in total. The van der Waals surface area contributed by atoms with E-state index in [-0.39, 0.29) is 0 Å². The molecule has 0 unspecified atom stereocenters. The van der Waals surface area contributed by atoms with Crippen LogP contribution in [0.25, 0.3) is 11.1 Å². The van der Waals surface area contributed by atoms with Crippen molar-refractivity contribution in [1.82, 2.24) is 15.1 Å². The first-order valence-electron chi connectivity index (χ1n) is 7.94. The fraction of sp³-hybridized carbons (Fsp3) is 0.500. The summed E-state index contributed by atoms with van der Waals surface area (Å²) in [6.07, 6.45) is 1.98. The van der Waals surface area contributed by atoms with Gasteiger partial charge in [-0.05, 0) is 30.0 Å². The molecule has 0 radical (unpaired) electrons. The minimum atomic E-state index is 0.504. The van der Waals surface area contributed by atoms with Crippen molar-refractivity contribution in [1.29, 1.82) is 0 Å². The summed E-state index contributed by atoms with van der Waals surface area (Å²) in [7, 11) is 2.05. The van der Waals surface area contributed by atoms with Crippen LogP contribution in [0.4, 0.5) is 0 Å². The van der Waals surface area contributed by atoms with Crippen LogP contribution in [0.3, 0.4) is 0 Å². The lowest BCUT2D eigenvalue weighted by Crippen LogP contribution is -2.21. The molecular formula is C18H27N3. The van der Waals surface area contributed by atoms with E-state index >= 15 is 0 Å². The van der Waals surface area contributed by atoms with Crippen molar-refractivity contribution < 1.29 is 0 Å². The second-order valence-corrected chi connectivity index (χ2v) is 5.84. The van der Waals surface area contributed by atoms with Gasteiger partial charge in [0.25, 0.3) is 0 Å². The Labute approximate surface area is 128 Å². The van der Waals surface area contributed by atoms with Crippen LogP contribution in [0.15, 0.2) is 24.3 Å². The minimum absolute atomic E-state index is 0.504. The topological polar surface area (TPSA) is 29.9 Å². The SMILES string of the molecule is CCc1nn(C)c(CC)c1-c1cccc(CNC(C)C)c1. The van der Waals surface area contributed by atoms with E-state index in [1.54, 1.807) is 0 Å². The number of nitrogens with zero attached hydrogens (tertiary/aromatic N) is 2. The van der Waals surface area contributed by atoms with E-state index in [9.17, 15) is 0 Å². The molecule has 0 aliphatic carbocycles.